The molecule has 1 heterocycles. The van der Waals surface area contributed by atoms with E-state index in [4.69, 9.17) is 9.47 Å². The van der Waals surface area contributed by atoms with Crippen LogP contribution in [0.1, 0.15) is 35.4 Å². The van der Waals surface area contributed by atoms with Crippen LogP contribution < -0.4 is 10.1 Å². The Morgan fingerprint density at radius 1 is 1.00 bits per heavy atom. The summed E-state index contributed by atoms with van der Waals surface area (Å²) in [7, 11) is 1.65. The van der Waals surface area contributed by atoms with Crippen LogP contribution in [0, 0.1) is 0 Å². The maximum absolute atomic E-state index is 13.4. The number of hydrogen-bond donors (Lipinski definition) is 1. The molecule has 3 aromatic rings. The van der Waals surface area contributed by atoms with Gasteiger partial charge in [-0.2, -0.15) is 0 Å². The normalized spacial score (nSPS) is 15.9. The minimum Gasteiger partial charge on any atom is -0.493 e. The van der Waals surface area contributed by atoms with Crippen LogP contribution in [0.25, 0.3) is 10.8 Å². The first kappa shape index (κ1) is 19.3. The number of nitrogens with zero attached hydrogens (tertiary/aromatic N) is 1. The molecule has 1 atom stereocenters. The molecule has 0 saturated carbocycles. The van der Waals surface area contributed by atoms with Crippen LogP contribution in [0.15, 0.2) is 60.7 Å². The summed E-state index contributed by atoms with van der Waals surface area (Å²) in [6.45, 7) is 3.66. The molecule has 0 saturated heterocycles. The summed E-state index contributed by atoms with van der Waals surface area (Å²) in [5.41, 5.74) is 2.50. The topological polar surface area (TPSA) is 50.8 Å². The fourth-order valence-corrected chi connectivity index (χ4v) is 3.84. The van der Waals surface area contributed by atoms with E-state index in [2.05, 4.69) is 30.4 Å². The van der Waals surface area contributed by atoms with Gasteiger partial charge >= 0.3 is 0 Å². The molecular weight excluding hydrogens is 364 g/mol. The maximum Gasteiger partial charge on any atom is 0.257 e. The smallest absolute Gasteiger partial charge is 0.257 e. The number of carbonyl (C=O) groups excluding carboxylic acids is 1. The number of rotatable bonds is 7. The molecule has 1 amide bonds. The van der Waals surface area contributed by atoms with Crippen molar-refractivity contribution in [2.45, 2.75) is 19.5 Å². The standard InChI is InChI=1S/C24H26N2O3/c1-3-15-29-21-13-12-17-8-4-5-9-18(17)22(21)23-25-20-11-7-6-10-19(20)24(27)26(23)14-16-28-2/h4-13,23,25H,3,14-16H2,1-2H3. The number of hydrogen-bond acceptors (Lipinski definition) is 4. The first-order chi connectivity index (χ1) is 14.2. The molecule has 0 aliphatic carbocycles. The molecule has 0 fully saturated rings. The van der Waals surface area contributed by atoms with Gasteiger partial charge in [-0.15, -0.1) is 0 Å². The Morgan fingerprint density at radius 2 is 1.79 bits per heavy atom. The molecular formula is C24H26N2O3. The van der Waals surface area contributed by atoms with Gasteiger partial charge in [-0.25, -0.2) is 0 Å². The minimum atomic E-state index is -0.342. The Morgan fingerprint density at radius 3 is 2.62 bits per heavy atom. The number of nitrogens with one attached hydrogen (secondary N) is 1. The van der Waals surface area contributed by atoms with Crippen LogP contribution in [0.5, 0.6) is 5.75 Å². The highest BCUT2D eigenvalue weighted by molar-refractivity contribution is 6.02. The van der Waals surface area contributed by atoms with E-state index in [1.54, 1.807) is 7.11 Å². The van der Waals surface area contributed by atoms with E-state index in [-0.39, 0.29) is 12.1 Å². The van der Waals surface area contributed by atoms with Crippen LogP contribution in [0.3, 0.4) is 0 Å². The quantitative estimate of drug-likeness (QED) is 0.627. The van der Waals surface area contributed by atoms with Crippen LogP contribution in [-0.4, -0.2) is 37.7 Å². The summed E-state index contributed by atoms with van der Waals surface area (Å²) in [5, 5.41) is 5.78. The van der Waals surface area contributed by atoms with E-state index in [1.165, 1.54) is 0 Å². The van der Waals surface area contributed by atoms with Crippen molar-refractivity contribution in [3.05, 3.63) is 71.8 Å². The van der Waals surface area contributed by atoms with Gasteiger partial charge in [-0.05, 0) is 35.4 Å². The Bertz CT molecular complexity index is 1020. The third kappa shape index (κ3) is 3.66. The van der Waals surface area contributed by atoms with Gasteiger partial charge in [0.15, 0.2) is 0 Å². The lowest BCUT2D eigenvalue weighted by Crippen LogP contribution is -2.44. The summed E-state index contributed by atoms with van der Waals surface area (Å²) in [6.07, 6.45) is 0.574. The van der Waals surface area contributed by atoms with Crippen molar-refractivity contribution in [1.82, 2.24) is 4.90 Å². The van der Waals surface area contributed by atoms with Crippen molar-refractivity contribution < 1.29 is 14.3 Å². The number of anilines is 1. The van der Waals surface area contributed by atoms with E-state index in [9.17, 15) is 4.79 Å². The number of carbonyl (C=O) groups is 1. The van der Waals surface area contributed by atoms with Crippen molar-refractivity contribution >= 4 is 22.4 Å². The highest BCUT2D eigenvalue weighted by Crippen LogP contribution is 2.40. The molecule has 1 unspecified atom stereocenters. The molecule has 5 nitrogen and oxygen atoms in total. The predicted molar refractivity (Wildman–Crippen MR) is 115 cm³/mol. The van der Waals surface area contributed by atoms with E-state index < -0.39 is 0 Å². The van der Waals surface area contributed by atoms with E-state index in [1.807, 2.05) is 47.4 Å². The van der Waals surface area contributed by atoms with Crippen LogP contribution in [-0.2, 0) is 4.74 Å². The Kier molecular flexibility index (Phi) is 5.67. The number of methoxy groups -OCH3 is 1. The zero-order valence-electron chi connectivity index (χ0n) is 16.9. The van der Waals surface area contributed by atoms with Gasteiger partial charge in [0.05, 0.1) is 18.8 Å². The Labute approximate surface area is 171 Å². The molecule has 4 rings (SSSR count). The second-order valence-corrected chi connectivity index (χ2v) is 7.13. The third-order valence-electron chi connectivity index (χ3n) is 5.22. The molecule has 1 aliphatic rings. The fourth-order valence-electron chi connectivity index (χ4n) is 3.84. The number of benzene rings is 3. The second kappa shape index (κ2) is 8.53. The van der Waals surface area contributed by atoms with E-state index >= 15 is 0 Å². The summed E-state index contributed by atoms with van der Waals surface area (Å²) >= 11 is 0. The zero-order valence-corrected chi connectivity index (χ0v) is 16.9. The SMILES string of the molecule is CCCOc1ccc2ccccc2c1C1Nc2ccccc2C(=O)N1CCOC. The van der Waals surface area contributed by atoms with Gasteiger partial charge in [0.2, 0.25) is 0 Å². The van der Waals surface area contributed by atoms with Crippen molar-refractivity contribution in [2.75, 3.05) is 32.2 Å². The lowest BCUT2D eigenvalue weighted by Gasteiger charge is -2.39. The maximum atomic E-state index is 13.4. The number of amides is 1. The average molecular weight is 390 g/mol. The highest BCUT2D eigenvalue weighted by Gasteiger charge is 2.35. The lowest BCUT2D eigenvalue weighted by molar-refractivity contribution is 0.0608. The minimum absolute atomic E-state index is 0.00391. The van der Waals surface area contributed by atoms with E-state index in [0.29, 0.717) is 25.3 Å². The molecule has 1 N–H and O–H groups in total. The predicted octanol–water partition coefficient (Wildman–Crippen LogP) is 4.84. The van der Waals surface area contributed by atoms with Gasteiger partial charge in [0.1, 0.15) is 11.9 Å². The van der Waals surface area contributed by atoms with Crippen molar-refractivity contribution in [2.24, 2.45) is 0 Å². The number of fused-ring (bicyclic) bond motifs is 2. The van der Waals surface area contributed by atoms with Gasteiger partial charge in [0.25, 0.3) is 5.91 Å². The van der Waals surface area contributed by atoms with E-state index in [0.717, 1.165) is 34.2 Å². The summed E-state index contributed by atoms with van der Waals surface area (Å²) < 4.78 is 11.4. The van der Waals surface area contributed by atoms with Crippen LogP contribution in [0.2, 0.25) is 0 Å². The van der Waals surface area contributed by atoms with Crippen LogP contribution >= 0.6 is 0 Å². The highest BCUT2D eigenvalue weighted by atomic mass is 16.5. The molecule has 150 valence electrons. The molecule has 0 aromatic heterocycles. The molecule has 29 heavy (non-hydrogen) atoms. The number of ether oxygens (including phenoxy) is 2. The lowest BCUT2D eigenvalue weighted by atomic mass is 9.97. The Hall–Kier alpha value is -3.05. The summed E-state index contributed by atoms with van der Waals surface area (Å²) in [6, 6.07) is 19.9. The summed E-state index contributed by atoms with van der Waals surface area (Å²) in [5.74, 6) is 0.799. The van der Waals surface area contributed by atoms with Gasteiger partial charge in [-0.1, -0.05) is 49.4 Å². The van der Waals surface area contributed by atoms with Crippen LogP contribution in [0.4, 0.5) is 5.69 Å². The third-order valence-corrected chi connectivity index (χ3v) is 5.22. The molecule has 0 radical (unpaired) electrons. The monoisotopic (exact) mass is 390 g/mol. The first-order valence-electron chi connectivity index (χ1n) is 10.0. The van der Waals surface area contributed by atoms with Gasteiger partial charge in [-0.3, -0.25) is 4.79 Å². The van der Waals surface area contributed by atoms with Crippen molar-refractivity contribution in [3.63, 3.8) is 0 Å². The summed E-state index contributed by atoms with van der Waals surface area (Å²) in [4.78, 5) is 15.2. The number of para-hydroxylation sites is 1. The molecule has 0 bridgehead atoms. The van der Waals surface area contributed by atoms with Crippen molar-refractivity contribution in [1.29, 1.82) is 0 Å². The zero-order chi connectivity index (χ0) is 20.2. The Balaban J connectivity index is 1.88. The molecule has 3 aromatic carbocycles. The second-order valence-electron chi connectivity index (χ2n) is 7.13. The molecule has 5 heteroatoms. The fraction of sp³-hybridized carbons (Fsp3) is 0.292. The van der Waals surface area contributed by atoms with Gasteiger partial charge in [0, 0.05) is 24.9 Å². The largest absolute Gasteiger partial charge is 0.493 e. The molecule has 1 aliphatic heterocycles. The average Bonchev–Trinajstić information content (AvgIpc) is 2.76. The molecule has 0 spiro atoms. The van der Waals surface area contributed by atoms with Gasteiger partial charge < -0.3 is 19.7 Å². The van der Waals surface area contributed by atoms with Crippen molar-refractivity contribution in [3.8, 4) is 5.75 Å². The first-order valence-corrected chi connectivity index (χ1v) is 10.0.